The van der Waals surface area contributed by atoms with Crippen molar-refractivity contribution in [3.63, 3.8) is 0 Å². The maximum absolute atomic E-state index is 9.09. The second-order valence-electron chi connectivity index (χ2n) is 6.61. The van der Waals surface area contributed by atoms with Crippen molar-refractivity contribution in [1.29, 1.82) is 5.26 Å². The van der Waals surface area contributed by atoms with Crippen molar-refractivity contribution in [3.05, 3.63) is 66.0 Å². The van der Waals surface area contributed by atoms with Gasteiger partial charge in [0, 0.05) is 31.4 Å². The second kappa shape index (κ2) is 7.98. The smallest absolute Gasteiger partial charge is 0.320 e. The number of nitrogens with zero attached hydrogens (tertiary/aromatic N) is 5. The molecule has 3 aromatic rings. The Kier molecular flexibility index (Phi) is 5.08. The van der Waals surface area contributed by atoms with Crippen molar-refractivity contribution in [2.45, 2.75) is 13.3 Å². The molecule has 0 saturated carbocycles. The van der Waals surface area contributed by atoms with Gasteiger partial charge in [-0.1, -0.05) is 18.2 Å². The average Bonchev–Trinajstić information content (AvgIpc) is 3.16. The topological polar surface area (TPSA) is 84.8 Å². The van der Waals surface area contributed by atoms with Gasteiger partial charge >= 0.3 is 6.02 Å². The third kappa shape index (κ3) is 4.17. The largest absolute Gasteiger partial charge is 0.442 e. The summed E-state index contributed by atoms with van der Waals surface area (Å²) in [5.74, 6) is 2.59. The van der Waals surface area contributed by atoms with Crippen LogP contribution in [0.1, 0.15) is 17.5 Å². The van der Waals surface area contributed by atoms with E-state index in [1.165, 1.54) is 0 Å². The van der Waals surface area contributed by atoms with Gasteiger partial charge in [0.25, 0.3) is 0 Å². The fraction of sp³-hybridized carbons (Fsp3) is 0.182. The Morgan fingerprint density at radius 2 is 2.03 bits per heavy atom. The molecule has 7 nitrogen and oxygen atoms in total. The molecule has 0 bridgehead atoms. The lowest BCUT2D eigenvalue weighted by atomic mass is 10.1. The summed E-state index contributed by atoms with van der Waals surface area (Å²) in [6.45, 7) is 2.44. The molecule has 0 radical (unpaired) electrons. The summed E-state index contributed by atoms with van der Waals surface area (Å²) in [7, 11) is 1.94. The van der Waals surface area contributed by atoms with Crippen molar-refractivity contribution in [3.8, 4) is 29.0 Å². The van der Waals surface area contributed by atoms with E-state index in [1.807, 2.05) is 55.1 Å². The molecule has 0 atom stereocenters. The molecule has 2 heterocycles. The fourth-order valence-corrected chi connectivity index (χ4v) is 2.93. The Labute approximate surface area is 168 Å². The van der Waals surface area contributed by atoms with Gasteiger partial charge in [-0.15, -0.1) is 0 Å². The standard InChI is InChI=1S/C22H19N5O2/c1-15-6-7-16(14-23)12-19(15)29-20-8-9-25-22(26-20)28-18-5-3-4-17(13-18)21-24-10-11-27(21)2/h3-7,10-13H,8-9H2,1-2H3. The molecule has 29 heavy (non-hydrogen) atoms. The first-order valence-electron chi connectivity index (χ1n) is 9.18. The van der Waals surface area contributed by atoms with Crippen molar-refractivity contribution in [2.75, 3.05) is 6.54 Å². The number of aromatic nitrogens is 2. The highest BCUT2D eigenvalue weighted by Gasteiger charge is 2.15. The molecule has 0 aliphatic carbocycles. The quantitative estimate of drug-likeness (QED) is 0.685. The summed E-state index contributed by atoms with van der Waals surface area (Å²) in [4.78, 5) is 13.1. The molecule has 0 amide bonds. The van der Waals surface area contributed by atoms with Gasteiger partial charge < -0.3 is 14.0 Å². The predicted molar refractivity (Wildman–Crippen MR) is 110 cm³/mol. The zero-order chi connectivity index (χ0) is 20.2. The number of hydrogen-bond donors (Lipinski definition) is 0. The van der Waals surface area contributed by atoms with Gasteiger partial charge in [0.15, 0.2) is 0 Å². The fourth-order valence-electron chi connectivity index (χ4n) is 2.93. The molecule has 1 aliphatic rings. The number of hydrogen-bond acceptors (Lipinski definition) is 6. The van der Waals surface area contributed by atoms with E-state index in [0.29, 0.717) is 35.9 Å². The molecule has 2 aromatic carbocycles. The maximum atomic E-state index is 9.09. The molecule has 0 fully saturated rings. The van der Waals surface area contributed by atoms with Crippen molar-refractivity contribution < 1.29 is 9.47 Å². The third-order valence-corrected chi connectivity index (χ3v) is 4.46. The summed E-state index contributed by atoms with van der Waals surface area (Å²) in [5.41, 5.74) is 2.41. The van der Waals surface area contributed by atoms with E-state index in [1.54, 1.807) is 18.3 Å². The average molecular weight is 385 g/mol. The second-order valence-corrected chi connectivity index (χ2v) is 6.61. The molecule has 144 valence electrons. The zero-order valence-corrected chi connectivity index (χ0v) is 16.2. The van der Waals surface area contributed by atoms with E-state index >= 15 is 0 Å². The third-order valence-electron chi connectivity index (χ3n) is 4.46. The van der Waals surface area contributed by atoms with Crippen LogP contribution >= 0.6 is 0 Å². The maximum Gasteiger partial charge on any atom is 0.320 e. The summed E-state index contributed by atoms with van der Waals surface area (Å²) in [6.07, 6.45) is 4.22. The molecular formula is C22H19N5O2. The number of nitriles is 1. The molecule has 0 unspecified atom stereocenters. The summed E-state index contributed by atoms with van der Waals surface area (Å²) in [6, 6.07) is 15.3. The van der Waals surface area contributed by atoms with E-state index in [4.69, 9.17) is 14.7 Å². The van der Waals surface area contributed by atoms with Crippen LogP contribution in [0.15, 0.2) is 64.8 Å². The van der Waals surface area contributed by atoms with Crippen LogP contribution in [-0.4, -0.2) is 28.0 Å². The van der Waals surface area contributed by atoms with Crippen LogP contribution in [0.2, 0.25) is 0 Å². The van der Waals surface area contributed by atoms with Crippen molar-refractivity contribution >= 4 is 11.9 Å². The lowest BCUT2D eigenvalue weighted by molar-refractivity contribution is 0.501. The van der Waals surface area contributed by atoms with Gasteiger partial charge in [-0.05, 0) is 36.8 Å². The highest BCUT2D eigenvalue weighted by Crippen LogP contribution is 2.24. The Morgan fingerprint density at radius 1 is 1.14 bits per heavy atom. The highest BCUT2D eigenvalue weighted by atomic mass is 16.5. The highest BCUT2D eigenvalue weighted by molar-refractivity contribution is 5.94. The zero-order valence-electron chi connectivity index (χ0n) is 16.2. The lowest BCUT2D eigenvalue weighted by Crippen LogP contribution is -2.21. The number of rotatable bonds is 3. The van der Waals surface area contributed by atoms with E-state index in [0.717, 1.165) is 17.0 Å². The van der Waals surface area contributed by atoms with E-state index in [9.17, 15) is 0 Å². The molecule has 0 N–H and O–H groups in total. The van der Waals surface area contributed by atoms with Gasteiger partial charge in [-0.3, -0.25) is 0 Å². The molecule has 7 heteroatoms. The number of ether oxygens (including phenoxy) is 2. The number of aryl methyl sites for hydroxylation is 2. The minimum Gasteiger partial charge on any atom is -0.442 e. The van der Waals surface area contributed by atoms with Crippen LogP contribution in [0.3, 0.4) is 0 Å². The van der Waals surface area contributed by atoms with Crippen LogP contribution in [0.5, 0.6) is 11.5 Å². The van der Waals surface area contributed by atoms with Gasteiger partial charge in [-0.25, -0.2) is 9.98 Å². The first kappa shape index (κ1) is 18.4. The Morgan fingerprint density at radius 3 is 2.83 bits per heavy atom. The SMILES string of the molecule is Cc1ccc(C#N)cc1OC1=NC(Oc2cccc(-c3nccn3C)c2)=NCC1. The normalized spacial score (nSPS) is 13.3. The van der Waals surface area contributed by atoms with E-state index in [-0.39, 0.29) is 6.02 Å². The first-order valence-corrected chi connectivity index (χ1v) is 9.18. The Hall–Kier alpha value is -3.92. The Balaban J connectivity index is 1.52. The summed E-state index contributed by atoms with van der Waals surface area (Å²) < 4.78 is 13.7. The molecule has 0 spiro atoms. The van der Waals surface area contributed by atoms with Crippen LogP contribution in [0.4, 0.5) is 0 Å². The van der Waals surface area contributed by atoms with Crippen LogP contribution in [0, 0.1) is 18.3 Å². The van der Waals surface area contributed by atoms with Gasteiger partial charge in [0.2, 0.25) is 5.90 Å². The number of imidazole rings is 1. The summed E-state index contributed by atoms with van der Waals surface area (Å²) >= 11 is 0. The predicted octanol–water partition coefficient (Wildman–Crippen LogP) is 3.88. The number of benzene rings is 2. The van der Waals surface area contributed by atoms with Gasteiger partial charge in [0.1, 0.15) is 17.3 Å². The van der Waals surface area contributed by atoms with Crippen LogP contribution in [0.25, 0.3) is 11.4 Å². The Bertz CT molecular complexity index is 1150. The first-order chi connectivity index (χ1) is 14.1. The van der Waals surface area contributed by atoms with E-state index in [2.05, 4.69) is 21.0 Å². The van der Waals surface area contributed by atoms with Gasteiger partial charge in [-0.2, -0.15) is 10.3 Å². The summed E-state index contributed by atoms with van der Waals surface area (Å²) in [5, 5.41) is 9.09. The van der Waals surface area contributed by atoms with Crippen LogP contribution in [-0.2, 0) is 7.05 Å². The molecule has 0 saturated heterocycles. The molecule has 4 rings (SSSR count). The van der Waals surface area contributed by atoms with Crippen molar-refractivity contribution in [1.82, 2.24) is 9.55 Å². The molecule has 1 aromatic heterocycles. The minimum absolute atomic E-state index is 0.248. The van der Waals surface area contributed by atoms with Crippen molar-refractivity contribution in [2.24, 2.45) is 17.0 Å². The monoisotopic (exact) mass is 385 g/mol. The van der Waals surface area contributed by atoms with Crippen LogP contribution < -0.4 is 9.47 Å². The minimum atomic E-state index is 0.248. The van der Waals surface area contributed by atoms with E-state index < -0.39 is 0 Å². The number of amidine groups is 1. The number of aliphatic imine (C=N–C) groups is 2. The van der Waals surface area contributed by atoms with Gasteiger partial charge in [0.05, 0.1) is 18.2 Å². The lowest BCUT2D eigenvalue weighted by Gasteiger charge is -2.15. The molecule has 1 aliphatic heterocycles. The molecular weight excluding hydrogens is 366 g/mol.